The van der Waals surface area contributed by atoms with E-state index in [0.717, 1.165) is 0 Å². The second-order valence-electron chi connectivity index (χ2n) is 10.1. The Balaban J connectivity index is 1.69. The molecule has 0 aromatic carbocycles. The van der Waals surface area contributed by atoms with Crippen molar-refractivity contribution in [2.24, 2.45) is 0 Å². The van der Waals surface area contributed by atoms with Crippen molar-refractivity contribution in [3.63, 3.8) is 0 Å². The van der Waals surface area contributed by atoms with Crippen molar-refractivity contribution >= 4 is 35.1 Å². The molecule has 0 spiro atoms. The van der Waals surface area contributed by atoms with Crippen molar-refractivity contribution in [2.45, 2.75) is 38.0 Å². The number of nitrogens with zero attached hydrogens (tertiary/aromatic N) is 5. The van der Waals surface area contributed by atoms with Crippen LogP contribution in [0.1, 0.15) is 30.6 Å². The van der Waals surface area contributed by atoms with Gasteiger partial charge in [-0.3, -0.25) is 9.59 Å². The number of rotatable bonds is 3. The summed E-state index contributed by atoms with van der Waals surface area (Å²) in [6.45, 7) is 8.28. The molecule has 2 unspecified atom stereocenters. The van der Waals surface area contributed by atoms with E-state index in [1.165, 1.54) is 18.2 Å². The van der Waals surface area contributed by atoms with Crippen molar-refractivity contribution in [3.05, 3.63) is 41.2 Å². The third-order valence-corrected chi connectivity index (χ3v) is 7.45. The van der Waals surface area contributed by atoms with E-state index < -0.39 is 29.4 Å². The molecule has 2 fully saturated rings. The normalized spacial score (nSPS) is 22.7. The number of ether oxygens (including phenoxy) is 1. The molecule has 0 radical (unpaired) electrons. The second kappa shape index (κ2) is 9.14. The fourth-order valence-corrected chi connectivity index (χ4v) is 5.53. The predicted molar refractivity (Wildman–Crippen MR) is 136 cm³/mol. The number of amides is 2. The Kier molecular flexibility index (Phi) is 6.23. The molecule has 2 saturated heterocycles. The van der Waals surface area contributed by atoms with Gasteiger partial charge < -0.3 is 30.3 Å². The molecule has 12 heteroatoms. The van der Waals surface area contributed by atoms with Crippen LogP contribution in [-0.4, -0.2) is 87.2 Å². The first-order valence-corrected chi connectivity index (χ1v) is 12.4. The van der Waals surface area contributed by atoms with Gasteiger partial charge in [0.05, 0.1) is 17.2 Å². The smallest absolute Gasteiger partial charge is 0.262 e. The number of halogens is 2. The van der Waals surface area contributed by atoms with E-state index in [2.05, 4.69) is 16.5 Å². The number of piperazine rings is 1. The summed E-state index contributed by atoms with van der Waals surface area (Å²) in [5.41, 5.74) is 5.03. The van der Waals surface area contributed by atoms with E-state index in [1.807, 2.05) is 13.8 Å². The SMILES string of the molecule is C=CC(=O)N1CCN2C(=O)c3c(N4CC(O)CC4(C)C)nc(-c4nc(N)ccc4Cl)c(F)c3OCC2C1. The lowest BCUT2D eigenvalue weighted by atomic mass is 10.00. The lowest BCUT2D eigenvalue weighted by Gasteiger charge is -2.40. The summed E-state index contributed by atoms with van der Waals surface area (Å²) >= 11 is 6.36. The van der Waals surface area contributed by atoms with Gasteiger partial charge in [-0.25, -0.2) is 14.4 Å². The Morgan fingerprint density at radius 1 is 1.30 bits per heavy atom. The van der Waals surface area contributed by atoms with Crippen LogP contribution in [0.2, 0.25) is 5.02 Å². The summed E-state index contributed by atoms with van der Waals surface area (Å²) < 4.78 is 22.1. The molecule has 37 heavy (non-hydrogen) atoms. The van der Waals surface area contributed by atoms with E-state index >= 15 is 4.39 Å². The summed E-state index contributed by atoms with van der Waals surface area (Å²) in [7, 11) is 0. The zero-order valence-electron chi connectivity index (χ0n) is 20.6. The molecule has 5 heterocycles. The first kappa shape index (κ1) is 25.2. The van der Waals surface area contributed by atoms with Gasteiger partial charge in [-0.05, 0) is 38.5 Å². The standard InChI is InChI=1S/C25H28ClFN6O4/c1-4-17(35)31-7-8-32-13(10-31)12-37-22-18(24(32)36)23(33-11-14(34)9-25(33,2)3)30-21(19(22)27)20-15(26)5-6-16(28)29-20/h4-6,13-14,34H,1,7-12H2,2-3H3,(H2,28,29). The minimum Gasteiger partial charge on any atom is -0.487 e. The number of aromatic nitrogens is 2. The molecule has 0 saturated carbocycles. The van der Waals surface area contributed by atoms with Crippen LogP contribution in [0.3, 0.4) is 0 Å². The molecule has 2 amide bonds. The monoisotopic (exact) mass is 530 g/mol. The summed E-state index contributed by atoms with van der Waals surface area (Å²) in [5.74, 6) is -1.57. The molecule has 0 bridgehead atoms. The topological polar surface area (TPSA) is 125 Å². The van der Waals surface area contributed by atoms with Crippen LogP contribution in [0.5, 0.6) is 5.75 Å². The third-order valence-electron chi connectivity index (χ3n) is 7.15. The number of aliphatic hydroxyl groups is 1. The number of fused-ring (bicyclic) bond motifs is 2. The molecule has 3 N–H and O–H groups in total. The average molecular weight is 531 g/mol. The Morgan fingerprint density at radius 2 is 2.05 bits per heavy atom. The highest BCUT2D eigenvalue weighted by Gasteiger charge is 2.45. The van der Waals surface area contributed by atoms with Gasteiger partial charge >= 0.3 is 0 Å². The van der Waals surface area contributed by atoms with Gasteiger partial charge in [-0.2, -0.15) is 0 Å². The lowest BCUT2D eigenvalue weighted by molar-refractivity contribution is -0.128. The number of carbonyl (C=O) groups excluding carboxylic acids is 2. The van der Waals surface area contributed by atoms with Gasteiger partial charge in [0, 0.05) is 31.7 Å². The van der Waals surface area contributed by atoms with E-state index in [1.54, 1.807) is 14.7 Å². The minimum absolute atomic E-state index is 0.0153. The fourth-order valence-electron chi connectivity index (χ4n) is 5.33. The molecule has 196 valence electrons. The van der Waals surface area contributed by atoms with Crippen LogP contribution in [0.4, 0.5) is 16.0 Å². The van der Waals surface area contributed by atoms with Crippen molar-refractivity contribution in [1.82, 2.24) is 19.8 Å². The van der Waals surface area contributed by atoms with E-state index in [0.29, 0.717) is 13.0 Å². The Morgan fingerprint density at radius 3 is 2.73 bits per heavy atom. The number of hydrogen-bond acceptors (Lipinski definition) is 8. The molecule has 5 rings (SSSR count). The summed E-state index contributed by atoms with van der Waals surface area (Å²) in [6, 6.07) is 2.48. The zero-order valence-corrected chi connectivity index (χ0v) is 21.3. The molecule has 2 aromatic rings. The van der Waals surface area contributed by atoms with Gasteiger partial charge in [-0.15, -0.1) is 0 Å². The maximum atomic E-state index is 16.1. The number of nitrogens with two attached hydrogens (primary N) is 1. The number of anilines is 2. The van der Waals surface area contributed by atoms with Crippen molar-refractivity contribution < 1.29 is 23.8 Å². The summed E-state index contributed by atoms with van der Waals surface area (Å²) in [6.07, 6.45) is 0.979. The minimum atomic E-state index is -0.886. The van der Waals surface area contributed by atoms with Crippen molar-refractivity contribution in [1.29, 1.82) is 0 Å². The second-order valence-corrected chi connectivity index (χ2v) is 10.5. The van der Waals surface area contributed by atoms with Crippen molar-refractivity contribution in [2.75, 3.05) is 43.4 Å². The van der Waals surface area contributed by atoms with Gasteiger partial charge in [0.15, 0.2) is 11.6 Å². The molecular formula is C25H28ClFN6O4. The quantitative estimate of drug-likeness (QED) is 0.578. The number of pyridine rings is 2. The van der Waals surface area contributed by atoms with E-state index in [-0.39, 0.29) is 71.5 Å². The molecule has 3 aliphatic rings. The number of nitrogen functional groups attached to an aromatic ring is 1. The average Bonchev–Trinajstić information content (AvgIpc) is 3.05. The zero-order chi connectivity index (χ0) is 26.6. The predicted octanol–water partition coefficient (Wildman–Crippen LogP) is 2.10. The highest BCUT2D eigenvalue weighted by molar-refractivity contribution is 6.33. The Bertz CT molecular complexity index is 1300. The highest BCUT2D eigenvalue weighted by atomic mass is 35.5. The van der Waals surface area contributed by atoms with Gasteiger partial charge in [0.25, 0.3) is 5.91 Å². The third kappa shape index (κ3) is 4.25. The first-order chi connectivity index (χ1) is 17.5. The van der Waals surface area contributed by atoms with Crippen LogP contribution >= 0.6 is 11.6 Å². The Labute approximate surface area is 218 Å². The van der Waals surface area contributed by atoms with Gasteiger partial charge in [0.2, 0.25) is 5.91 Å². The van der Waals surface area contributed by atoms with Crippen LogP contribution in [-0.2, 0) is 4.79 Å². The molecule has 2 aromatic heterocycles. The summed E-state index contributed by atoms with van der Waals surface area (Å²) in [4.78, 5) is 39.9. The molecule has 10 nitrogen and oxygen atoms in total. The molecule has 3 aliphatic heterocycles. The molecule has 0 aliphatic carbocycles. The largest absolute Gasteiger partial charge is 0.487 e. The van der Waals surface area contributed by atoms with Crippen LogP contribution in [0.15, 0.2) is 24.8 Å². The molecular weight excluding hydrogens is 503 g/mol. The van der Waals surface area contributed by atoms with E-state index in [9.17, 15) is 14.7 Å². The van der Waals surface area contributed by atoms with Crippen LogP contribution < -0.4 is 15.4 Å². The van der Waals surface area contributed by atoms with Crippen LogP contribution in [0.25, 0.3) is 11.4 Å². The number of aliphatic hydroxyl groups excluding tert-OH is 1. The number of hydrogen-bond donors (Lipinski definition) is 2. The Hall–Kier alpha value is -3.44. The van der Waals surface area contributed by atoms with Crippen molar-refractivity contribution in [3.8, 4) is 17.1 Å². The first-order valence-electron chi connectivity index (χ1n) is 12.0. The maximum Gasteiger partial charge on any atom is 0.262 e. The maximum absolute atomic E-state index is 16.1. The lowest BCUT2D eigenvalue weighted by Crippen LogP contribution is -2.57. The highest BCUT2D eigenvalue weighted by Crippen LogP contribution is 2.44. The number of β-amino-alcohol motifs (C(OH)–C–C–N with tert-alkyl or cyclic N) is 1. The fraction of sp³-hybridized carbons (Fsp3) is 0.440. The van der Waals surface area contributed by atoms with Crippen LogP contribution in [0, 0.1) is 5.82 Å². The van der Waals surface area contributed by atoms with E-state index in [4.69, 9.17) is 22.1 Å². The van der Waals surface area contributed by atoms with Gasteiger partial charge in [-0.1, -0.05) is 18.2 Å². The molecule has 2 atom stereocenters. The number of carbonyl (C=O) groups is 2. The summed E-state index contributed by atoms with van der Waals surface area (Å²) in [5, 5.41) is 10.6. The van der Waals surface area contributed by atoms with Gasteiger partial charge in [0.1, 0.15) is 35.2 Å².